The standard InChI is InChI=1S/C21H24N4O2/c1-14-9-15(2)25-20(23-14)19(11-22-25)13-24-8-4-7-18(12-24)16-5-3-6-17(10-16)21(26)27/h3,5-6,9-11,18H,4,7-8,12-13H2,1-2H3,(H,26,27). The van der Waals surface area contributed by atoms with E-state index < -0.39 is 5.97 Å². The van der Waals surface area contributed by atoms with E-state index in [-0.39, 0.29) is 0 Å². The van der Waals surface area contributed by atoms with Crippen molar-refractivity contribution in [1.29, 1.82) is 0 Å². The second-order valence-electron chi connectivity index (χ2n) is 7.45. The van der Waals surface area contributed by atoms with E-state index in [4.69, 9.17) is 0 Å². The van der Waals surface area contributed by atoms with E-state index in [0.717, 1.165) is 60.6 Å². The zero-order valence-electron chi connectivity index (χ0n) is 15.7. The SMILES string of the molecule is Cc1cc(C)n2ncc(CN3CCCC(c4cccc(C(=O)O)c4)C3)c2n1. The monoisotopic (exact) mass is 364 g/mol. The molecule has 6 heteroatoms. The largest absolute Gasteiger partial charge is 0.478 e. The molecule has 1 unspecified atom stereocenters. The van der Waals surface area contributed by atoms with Crippen molar-refractivity contribution < 1.29 is 9.90 Å². The Balaban J connectivity index is 1.54. The van der Waals surface area contributed by atoms with Gasteiger partial charge >= 0.3 is 5.97 Å². The number of hydrogen-bond donors (Lipinski definition) is 1. The topological polar surface area (TPSA) is 70.7 Å². The number of rotatable bonds is 4. The Bertz CT molecular complexity index is 995. The average Bonchev–Trinajstić information content (AvgIpc) is 3.05. The van der Waals surface area contributed by atoms with Crippen molar-refractivity contribution in [2.24, 2.45) is 0 Å². The maximum atomic E-state index is 11.3. The number of hydrogen-bond acceptors (Lipinski definition) is 4. The summed E-state index contributed by atoms with van der Waals surface area (Å²) in [6.07, 6.45) is 4.11. The molecule has 0 spiro atoms. The van der Waals surface area contributed by atoms with E-state index in [2.05, 4.69) is 15.0 Å². The Hall–Kier alpha value is -2.73. The molecule has 27 heavy (non-hydrogen) atoms. The highest BCUT2D eigenvalue weighted by Gasteiger charge is 2.23. The number of aryl methyl sites for hydroxylation is 2. The summed E-state index contributed by atoms with van der Waals surface area (Å²) in [6, 6.07) is 9.40. The second kappa shape index (κ2) is 7.12. The van der Waals surface area contributed by atoms with Gasteiger partial charge in [0.2, 0.25) is 0 Å². The average molecular weight is 364 g/mol. The van der Waals surface area contributed by atoms with Crippen molar-refractivity contribution in [2.75, 3.05) is 13.1 Å². The zero-order chi connectivity index (χ0) is 19.0. The summed E-state index contributed by atoms with van der Waals surface area (Å²) in [5, 5.41) is 13.7. The van der Waals surface area contributed by atoms with Gasteiger partial charge in [-0.1, -0.05) is 12.1 Å². The number of fused-ring (bicyclic) bond motifs is 1. The molecule has 0 bridgehead atoms. The van der Waals surface area contributed by atoms with Crippen LogP contribution in [0.1, 0.15) is 51.6 Å². The van der Waals surface area contributed by atoms with E-state index in [1.165, 1.54) is 0 Å². The number of carboxylic acid groups (broad SMARTS) is 1. The van der Waals surface area contributed by atoms with E-state index in [9.17, 15) is 9.90 Å². The summed E-state index contributed by atoms with van der Waals surface area (Å²) >= 11 is 0. The zero-order valence-corrected chi connectivity index (χ0v) is 15.7. The number of nitrogens with zero attached hydrogens (tertiary/aromatic N) is 4. The second-order valence-corrected chi connectivity index (χ2v) is 7.45. The van der Waals surface area contributed by atoms with Gasteiger partial charge in [-0.05, 0) is 62.9 Å². The molecule has 0 aliphatic carbocycles. The van der Waals surface area contributed by atoms with Crippen molar-refractivity contribution in [3.05, 3.63) is 64.6 Å². The molecule has 1 saturated heterocycles. The molecule has 0 radical (unpaired) electrons. The molecule has 6 nitrogen and oxygen atoms in total. The molecule has 1 atom stereocenters. The van der Waals surface area contributed by atoms with Gasteiger partial charge in [0, 0.05) is 30.0 Å². The Morgan fingerprint density at radius 1 is 1.30 bits per heavy atom. The lowest BCUT2D eigenvalue weighted by Gasteiger charge is -2.32. The first kappa shape index (κ1) is 17.7. The van der Waals surface area contributed by atoms with Crippen molar-refractivity contribution in [1.82, 2.24) is 19.5 Å². The number of piperidine rings is 1. The molecular formula is C21H24N4O2. The van der Waals surface area contributed by atoms with E-state index >= 15 is 0 Å². The number of aromatic carboxylic acids is 1. The highest BCUT2D eigenvalue weighted by molar-refractivity contribution is 5.87. The molecule has 3 aromatic rings. The number of likely N-dealkylation sites (tertiary alicyclic amines) is 1. The van der Waals surface area contributed by atoms with Gasteiger partial charge < -0.3 is 5.11 Å². The number of aromatic nitrogens is 3. The van der Waals surface area contributed by atoms with Crippen LogP contribution in [0.5, 0.6) is 0 Å². The van der Waals surface area contributed by atoms with Gasteiger partial charge in [-0.3, -0.25) is 4.90 Å². The van der Waals surface area contributed by atoms with Crippen LogP contribution in [0.25, 0.3) is 5.65 Å². The van der Waals surface area contributed by atoms with Crippen LogP contribution in [0.4, 0.5) is 0 Å². The van der Waals surface area contributed by atoms with Crippen molar-refractivity contribution in [3.8, 4) is 0 Å². The molecule has 1 aromatic carbocycles. The molecular weight excluding hydrogens is 340 g/mol. The summed E-state index contributed by atoms with van der Waals surface area (Å²) in [7, 11) is 0. The van der Waals surface area contributed by atoms with Gasteiger partial charge in [0.25, 0.3) is 0 Å². The third-order valence-corrected chi connectivity index (χ3v) is 5.36. The molecule has 1 fully saturated rings. The summed E-state index contributed by atoms with van der Waals surface area (Å²) in [5.74, 6) is -0.510. The summed E-state index contributed by atoms with van der Waals surface area (Å²) in [5.41, 5.74) is 5.64. The van der Waals surface area contributed by atoms with Gasteiger partial charge in [-0.2, -0.15) is 5.10 Å². The fourth-order valence-electron chi connectivity index (χ4n) is 4.07. The van der Waals surface area contributed by atoms with Crippen LogP contribution in [0.15, 0.2) is 36.5 Å². The Morgan fingerprint density at radius 3 is 2.96 bits per heavy atom. The van der Waals surface area contributed by atoms with Crippen LogP contribution in [0.3, 0.4) is 0 Å². The highest BCUT2D eigenvalue weighted by atomic mass is 16.4. The minimum absolute atomic E-state index is 0.358. The van der Waals surface area contributed by atoms with Gasteiger partial charge in [0.15, 0.2) is 5.65 Å². The number of carboxylic acids is 1. The van der Waals surface area contributed by atoms with Crippen LogP contribution >= 0.6 is 0 Å². The van der Waals surface area contributed by atoms with Crippen LogP contribution in [-0.4, -0.2) is 43.7 Å². The molecule has 1 aliphatic heterocycles. The lowest BCUT2D eigenvalue weighted by molar-refractivity contribution is 0.0696. The van der Waals surface area contributed by atoms with Crippen molar-refractivity contribution in [2.45, 2.75) is 39.2 Å². The minimum atomic E-state index is -0.868. The molecule has 1 N–H and O–H groups in total. The van der Waals surface area contributed by atoms with Crippen LogP contribution in [0, 0.1) is 13.8 Å². The predicted octanol–water partition coefficient (Wildman–Crippen LogP) is 3.42. The highest BCUT2D eigenvalue weighted by Crippen LogP contribution is 2.28. The van der Waals surface area contributed by atoms with E-state index in [1.54, 1.807) is 6.07 Å². The fourth-order valence-corrected chi connectivity index (χ4v) is 4.07. The first-order valence-corrected chi connectivity index (χ1v) is 9.38. The first-order valence-electron chi connectivity index (χ1n) is 9.38. The first-order chi connectivity index (χ1) is 13.0. The number of carbonyl (C=O) groups is 1. The third kappa shape index (κ3) is 3.57. The Labute approximate surface area is 158 Å². The lowest BCUT2D eigenvalue weighted by Crippen LogP contribution is -2.34. The molecule has 0 saturated carbocycles. The molecule has 4 rings (SSSR count). The maximum Gasteiger partial charge on any atom is 0.335 e. The van der Waals surface area contributed by atoms with Crippen LogP contribution in [-0.2, 0) is 6.54 Å². The van der Waals surface area contributed by atoms with Crippen molar-refractivity contribution in [3.63, 3.8) is 0 Å². The van der Waals surface area contributed by atoms with Gasteiger partial charge in [-0.15, -0.1) is 0 Å². The van der Waals surface area contributed by atoms with E-state index in [1.807, 2.05) is 48.8 Å². The summed E-state index contributed by atoms with van der Waals surface area (Å²) in [4.78, 5) is 18.4. The smallest absolute Gasteiger partial charge is 0.335 e. The number of benzene rings is 1. The minimum Gasteiger partial charge on any atom is -0.478 e. The third-order valence-electron chi connectivity index (χ3n) is 5.36. The molecule has 1 aliphatic rings. The quantitative estimate of drug-likeness (QED) is 0.768. The molecule has 3 heterocycles. The summed E-state index contributed by atoms with van der Waals surface area (Å²) in [6.45, 7) is 6.83. The molecule has 0 amide bonds. The Morgan fingerprint density at radius 2 is 2.15 bits per heavy atom. The van der Waals surface area contributed by atoms with Gasteiger partial charge in [0.05, 0.1) is 11.8 Å². The Kier molecular flexibility index (Phi) is 4.66. The van der Waals surface area contributed by atoms with Crippen LogP contribution < -0.4 is 0 Å². The lowest BCUT2D eigenvalue weighted by atomic mass is 9.89. The molecule has 2 aromatic heterocycles. The molecule has 140 valence electrons. The maximum absolute atomic E-state index is 11.3. The van der Waals surface area contributed by atoms with Crippen LogP contribution in [0.2, 0.25) is 0 Å². The normalized spacial score (nSPS) is 18.1. The van der Waals surface area contributed by atoms with Gasteiger partial charge in [-0.25, -0.2) is 14.3 Å². The summed E-state index contributed by atoms with van der Waals surface area (Å²) < 4.78 is 1.90. The predicted molar refractivity (Wildman–Crippen MR) is 103 cm³/mol. The van der Waals surface area contributed by atoms with Gasteiger partial charge in [0.1, 0.15) is 0 Å². The van der Waals surface area contributed by atoms with Crippen molar-refractivity contribution >= 4 is 11.6 Å². The fraction of sp³-hybridized carbons (Fsp3) is 0.381. The van der Waals surface area contributed by atoms with E-state index in [0.29, 0.717) is 11.5 Å².